The van der Waals surface area contributed by atoms with Crippen LogP contribution in [-0.2, 0) is 4.79 Å². The fraction of sp³-hybridized carbons (Fsp3) is 0.261. The highest BCUT2D eigenvalue weighted by molar-refractivity contribution is 6.05. The Hall–Kier alpha value is -4.21. The molecule has 3 N–H and O–H groups in total. The molecule has 3 aromatic rings. The van der Waals surface area contributed by atoms with Crippen LogP contribution in [0.4, 0.5) is 0 Å². The normalized spacial score (nSPS) is 10.7. The second-order valence-electron chi connectivity index (χ2n) is 7.38. The maximum absolute atomic E-state index is 12.7. The highest BCUT2D eigenvalue weighted by Crippen LogP contribution is 2.14. The zero-order valence-corrected chi connectivity index (χ0v) is 18.5. The number of carbonyl (C=O) groups is 3. The summed E-state index contributed by atoms with van der Waals surface area (Å²) in [5.74, 6) is -1.13. The van der Waals surface area contributed by atoms with Gasteiger partial charge in [0.15, 0.2) is 5.69 Å². The quantitative estimate of drug-likeness (QED) is 0.467. The number of fused-ring (bicyclic) bond motifs is 1. The standard InChI is InChI=1S/C23H25N5O5/c1-4-33-16-11-9-15(10-12-16)21(30)24-13-19(29)25-26-22(31)20-17-7-5-6-8-18(17)23(32)28(27-20)14(2)3/h5-12,14H,4,13H2,1-3H3,(H,24,30)(H,25,29)(H,26,31). The van der Waals surface area contributed by atoms with E-state index in [0.29, 0.717) is 28.7 Å². The van der Waals surface area contributed by atoms with Gasteiger partial charge >= 0.3 is 0 Å². The number of aromatic nitrogens is 2. The molecule has 10 heteroatoms. The summed E-state index contributed by atoms with van der Waals surface area (Å²) in [4.78, 5) is 49.6. The number of hydrogen-bond acceptors (Lipinski definition) is 6. The van der Waals surface area contributed by atoms with E-state index in [1.807, 2.05) is 6.92 Å². The molecule has 0 fully saturated rings. The number of hydrogen-bond donors (Lipinski definition) is 3. The van der Waals surface area contributed by atoms with Crippen molar-refractivity contribution < 1.29 is 19.1 Å². The lowest BCUT2D eigenvalue weighted by Crippen LogP contribution is -2.47. The van der Waals surface area contributed by atoms with Crippen LogP contribution in [0.3, 0.4) is 0 Å². The minimum Gasteiger partial charge on any atom is -0.494 e. The number of nitrogens with one attached hydrogen (secondary N) is 3. The largest absolute Gasteiger partial charge is 0.494 e. The molecule has 0 spiro atoms. The molecular weight excluding hydrogens is 426 g/mol. The van der Waals surface area contributed by atoms with Crippen LogP contribution in [0.2, 0.25) is 0 Å². The predicted molar refractivity (Wildman–Crippen MR) is 122 cm³/mol. The summed E-state index contributed by atoms with van der Waals surface area (Å²) in [6.45, 7) is 5.57. The first-order valence-electron chi connectivity index (χ1n) is 10.4. The molecule has 1 aromatic heterocycles. The van der Waals surface area contributed by atoms with E-state index < -0.39 is 17.7 Å². The Morgan fingerprint density at radius 3 is 2.27 bits per heavy atom. The molecule has 0 aliphatic heterocycles. The average molecular weight is 451 g/mol. The summed E-state index contributed by atoms with van der Waals surface area (Å²) in [5.41, 5.74) is 4.57. The zero-order chi connectivity index (χ0) is 24.0. The van der Waals surface area contributed by atoms with Crippen molar-refractivity contribution in [3.8, 4) is 5.75 Å². The van der Waals surface area contributed by atoms with Crippen LogP contribution in [0.5, 0.6) is 5.75 Å². The van der Waals surface area contributed by atoms with E-state index in [0.717, 1.165) is 0 Å². The van der Waals surface area contributed by atoms with Crippen molar-refractivity contribution in [1.82, 2.24) is 25.9 Å². The summed E-state index contributed by atoms with van der Waals surface area (Å²) in [5, 5.41) is 7.36. The minimum absolute atomic E-state index is 0.00220. The van der Waals surface area contributed by atoms with Gasteiger partial charge in [0.05, 0.1) is 24.6 Å². The number of amides is 3. The monoisotopic (exact) mass is 451 g/mol. The van der Waals surface area contributed by atoms with Gasteiger partial charge in [0.1, 0.15) is 5.75 Å². The highest BCUT2D eigenvalue weighted by atomic mass is 16.5. The molecule has 172 valence electrons. The number of ether oxygens (including phenoxy) is 1. The number of hydrazine groups is 1. The van der Waals surface area contributed by atoms with Gasteiger partial charge in [0, 0.05) is 10.9 Å². The maximum atomic E-state index is 12.7. The first kappa shape index (κ1) is 23.5. The Morgan fingerprint density at radius 1 is 0.970 bits per heavy atom. The first-order valence-corrected chi connectivity index (χ1v) is 10.4. The van der Waals surface area contributed by atoms with Crippen molar-refractivity contribution in [3.05, 3.63) is 70.1 Å². The minimum atomic E-state index is -0.688. The number of carbonyl (C=O) groups excluding carboxylic acids is 3. The van der Waals surface area contributed by atoms with Gasteiger partial charge in [0.2, 0.25) is 0 Å². The second kappa shape index (κ2) is 10.4. The van der Waals surface area contributed by atoms with Crippen LogP contribution in [0, 0.1) is 0 Å². The smallest absolute Gasteiger partial charge is 0.290 e. The van der Waals surface area contributed by atoms with Gasteiger partial charge in [-0.25, -0.2) is 4.68 Å². The summed E-state index contributed by atoms with van der Waals surface area (Å²) in [7, 11) is 0. The fourth-order valence-electron chi connectivity index (χ4n) is 3.09. The van der Waals surface area contributed by atoms with Crippen molar-refractivity contribution in [2.75, 3.05) is 13.2 Å². The lowest BCUT2D eigenvalue weighted by Gasteiger charge is -2.14. The molecule has 33 heavy (non-hydrogen) atoms. The Bertz CT molecular complexity index is 1230. The third-order valence-corrected chi connectivity index (χ3v) is 4.69. The molecule has 3 amide bonds. The molecule has 0 aliphatic rings. The number of rotatable bonds is 7. The number of nitrogens with zero attached hydrogens (tertiary/aromatic N) is 2. The van der Waals surface area contributed by atoms with Crippen LogP contribution < -0.4 is 26.5 Å². The van der Waals surface area contributed by atoms with Crippen molar-refractivity contribution in [3.63, 3.8) is 0 Å². The molecule has 0 radical (unpaired) electrons. The van der Waals surface area contributed by atoms with Gasteiger partial charge in [-0.05, 0) is 51.1 Å². The summed E-state index contributed by atoms with van der Waals surface area (Å²) < 4.78 is 6.54. The lowest BCUT2D eigenvalue weighted by atomic mass is 10.1. The van der Waals surface area contributed by atoms with Crippen LogP contribution in [-0.4, -0.2) is 40.7 Å². The van der Waals surface area contributed by atoms with Crippen molar-refractivity contribution in [1.29, 1.82) is 0 Å². The van der Waals surface area contributed by atoms with E-state index in [-0.39, 0.29) is 23.8 Å². The van der Waals surface area contributed by atoms with Gasteiger partial charge in [0.25, 0.3) is 23.3 Å². The summed E-state index contributed by atoms with van der Waals surface area (Å²) in [6, 6.07) is 12.8. The van der Waals surface area contributed by atoms with Crippen molar-refractivity contribution >= 4 is 28.5 Å². The third kappa shape index (κ3) is 5.53. The zero-order valence-electron chi connectivity index (χ0n) is 18.5. The topological polar surface area (TPSA) is 131 Å². The van der Waals surface area contributed by atoms with E-state index >= 15 is 0 Å². The van der Waals surface area contributed by atoms with Gasteiger partial charge in [-0.3, -0.25) is 30.0 Å². The second-order valence-corrected chi connectivity index (χ2v) is 7.38. The molecule has 2 aromatic carbocycles. The predicted octanol–water partition coefficient (Wildman–Crippen LogP) is 1.57. The fourth-order valence-corrected chi connectivity index (χ4v) is 3.09. The molecule has 0 saturated heterocycles. The SMILES string of the molecule is CCOc1ccc(C(=O)NCC(=O)NNC(=O)c2nn(C(C)C)c(=O)c3ccccc23)cc1. The highest BCUT2D eigenvalue weighted by Gasteiger charge is 2.18. The van der Waals surface area contributed by atoms with Crippen LogP contribution in [0.15, 0.2) is 53.3 Å². The molecule has 3 rings (SSSR count). The van der Waals surface area contributed by atoms with Gasteiger partial charge in [-0.15, -0.1) is 0 Å². The van der Waals surface area contributed by atoms with Crippen molar-refractivity contribution in [2.45, 2.75) is 26.8 Å². The molecule has 0 unspecified atom stereocenters. The van der Waals surface area contributed by atoms with E-state index in [1.54, 1.807) is 62.4 Å². The first-order chi connectivity index (χ1) is 15.8. The Kier molecular flexibility index (Phi) is 7.39. The molecule has 0 aliphatic carbocycles. The van der Waals surface area contributed by atoms with E-state index in [9.17, 15) is 19.2 Å². The average Bonchev–Trinajstić information content (AvgIpc) is 2.82. The van der Waals surface area contributed by atoms with Crippen LogP contribution in [0.1, 0.15) is 47.7 Å². The van der Waals surface area contributed by atoms with Gasteiger partial charge < -0.3 is 10.1 Å². The Balaban J connectivity index is 1.62. The number of benzene rings is 2. The molecular formula is C23H25N5O5. The van der Waals surface area contributed by atoms with Gasteiger partial charge in [-0.1, -0.05) is 18.2 Å². The third-order valence-electron chi connectivity index (χ3n) is 4.69. The van der Waals surface area contributed by atoms with Crippen LogP contribution in [0.25, 0.3) is 10.8 Å². The van der Waals surface area contributed by atoms with Crippen LogP contribution >= 0.6 is 0 Å². The molecule has 0 bridgehead atoms. The van der Waals surface area contributed by atoms with E-state index in [1.165, 1.54) is 4.68 Å². The van der Waals surface area contributed by atoms with Crippen molar-refractivity contribution in [2.24, 2.45) is 0 Å². The molecule has 1 heterocycles. The summed E-state index contributed by atoms with van der Waals surface area (Å²) in [6.07, 6.45) is 0. The molecule has 0 atom stereocenters. The Morgan fingerprint density at radius 2 is 1.64 bits per heavy atom. The van der Waals surface area contributed by atoms with E-state index in [4.69, 9.17) is 4.74 Å². The lowest BCUT2D eigenvalue weighted by molar-refractivity contribution is -0.120. The summed E-state index contributed by atoms with van der Waals surface area (Å²) >= 11 is 0. The van der Waals surface area contributed by atoms with E-state index in [2.05, 4.69) is 21.3 Å². The molecule has 0 saturated carbocycles. The van der Waals surface area contributed by atoms with Gasteiger partial charge in [-0.2, -0.15) is 5.10 Å². The maximum Gasteiger partial charge on any atom is 0.290 e. The Labute approximate surface area is 189 Å². The molecule has 10 nitrogen and oxygen atoms in total.